The Morgan fingerprint density at radius 2 is 2.21 bits per heavy atom. The number of hydrogen-bond acceptors (Lipinski definition) is 6. The highest BCUT2D eigenvalue weighted by atomic mass is 32.2. The summed E-state index contributed by atoms with van der Waals surface area (Å²) >= 11 is 1.42. The summed E-state index contributed by atoms with van der Waals surface area (Å²) in [6.45, 7) is 0.560. The molecule has 1 aliphatic rings. The Bertz CT molecular complexity index is 738. The van der Waals surface area contributed by atoms with Gasteiger partial charge in [-0.3, -0.25) is 4.79 Å². The molecular weight excluding hydrogens is 328 g/mol. The molecule has 1 atom stereocenters. The highest BCUT2D eigenvalue weighted by Gasteiger charge is 2.17. The predicted octanol–water partition coefficient (Wildman–Crippen LogP) is 2.39. The van der Waals surface area contributed by atoms with Crippen LogP contribution in [0.3, 0.4) is 0 Å². The molecule has 1 amide bonds. The molecule has 2 N–H and O–H groups in total. The second kappa shape index (κ2) is 7.55. The number of aliphatic hydroxyl groups is 1. The van der Waals surface area contributed by atoms with Crippen LogP contribution in [0.1, 0.15) is 28.4 Å². The summed E-state index contributed by atoms with van der Waals surface area (Å²) in [5, 5.41) is 13.8. The molecule has 0 aliphatic carbocycles. The highest BCUT2D eigenvalue weighted by molar-refractivity contribution is 7.98. The number of nitrogens with zero attached hydrogens (tertiary/aromatic N) is 1. The van der Waals surface area contributed by atoms with Gasteiger partial charge in [0, 0.05) is 12.7 Å². The van der Waals surface area contributed by atoms with Gasteiger partial charge in [0.1, 0.15) is 5.03 Å². The molecule has 0 spiro atoms. The van der Waals surface area contributed by atoms with Crippen molar-refractivity contribution in [2.45, 2.75) is 17.6 Å². The van der Waals surface area contributed by atoms with E-state index in [0.717, 1.165) is 5.56 Å². The Balaban J connectivity index is 1.55. The number of aromatic nitrogens is 1. The maximum atomic E-state index is 12.2. The third-order valence-electron chi connectivity index (χ3n) is 3.69. The van der Waals surface area contributed by atoms with Gasteiger partial charge in [0.25, 0.3) is 5.91 Å². The van der Waals surface area contributed by atoms with Crippen molar-refractivity contribution in [3.63, 3.8) is 0 Å². The number of carbonyl (C=O) groups is 1. The number of hydrogen-bond donors (Lipinski definition) is 2. The average molecular weight is 346 g/mol. The molecule has 6 nitrogen and oxygen atoms in total. The van der Waals surface area contributed by atoms with E-state index < -0.39 is 6.10 Å². The minimum absolute atomic E-state index is 0.190. The summed E-state index contributed by atoms with van der Waals surface area (Å²) in [7, 11) is 0. The zero-order valence-electron chi connectivity index (χ0n) is 13.2. The van der Waals surface area contributed by atoms with Gasteiger partial charge in [-0.25, -0.2) is 4.98 Å². The minimum atomic E-state index is -0.686. The van der Waals surface area contributed by atoms with Crippen LogP contribution in [-0.2, 0) is 0 Å². The van der Waals surface area contributed by atoms with Crippen molar-refractivity contribution in [3.8, 4) is 11.5 Å². The predicted molar refractivity (Wildman–Crippen MR) is 90.5 cm³/mol. The molecule has 0 fully saturated rings. The van der Waals surface area contributed by atoms with E-state index in [9.17, 15) is 9.90 Å². The first kappa shape index (κ1) is 16.6. The number of thioether (sulfide) groups is 1. The number of nitrogens with one attached hydrogen (secondary N) is 1. The normalized spacial score (nSPS) is 13.6. The molecule has 1 aromatic carbocycles. The van der Waals surface area contributed by atoms with E-state index in [-0.39, 0.29) is 12.7 Å². The summed E-state index contributed by atoms with van der Waals surface area (Å²) in [5.74, 6) is 1.13. The maximum Gasteiger partial charge on any atom is 0.254 e. The molecule has 7 heteroatoms. The van der Waals surface area contributed by atoms with Crippen LogP contribution in [0.2, 0.25) is 0 Å². The van der Waals surface area contributed by atoms with Crippen molar-refractivity contribution in [1.82, 2.24) is 10.3 Å². The summed E-state index contributed by atoms with van der Waals surface area (Å²) in [5.41, 5.74) is 1.28. The summed E-state index contributed by atoms with van der Waals surface area (Å²) in [4.78, 5) is 16.4. The number of benzene rings is 1. The largest absolute Gasteiger partial charge is 0.454 e. The summed E-state index contributed by atoms with van der Waals surface area (Å²) in [6, 6.07) is 8.81. The van der Waals surface area contributed by atoms with E-state index in [1.165, 1.54) is 11.8 Å². The first-order valence-electron chi connectivity index (χ1n) is 7.54. The summed E-state index contributed by atoms with van der Waals surface area (Å²) < 4.78 is 10.6. The Morgan fingerprint density at radius 3 is 3.04 bits per heavy atom. The van der Waals surface area contributed by atoms with Gasteiger partial charge < -0.3 is 19.9 Å². The van der Waals surface area contributed by atoms with Crippen LogP contribution >= 0.6 is 11.8 Å². The van der Waals surface area contributed by atoms with Crippen LogP contribution in [0, 0.1) is 0 Å². The number of aliphatic hydroxyl groups excluding tert-OH is 1. The zero-order valence-corrected chi connectivity index (χ0v) is 14.0. The van der Waals surface area contributed by atoms with Crippen LogP contribution < -0.4 is 14.8 Å². The van der Waals surface area contributed by atoms with Gasteiger partial charge in [-0.05, 0) is 42.5 Å². The van der Waals surface area contributed by atoms with Crippen LogP contribution in [0.5, 0.6) is 11.5 Å². The van der Waals surface area contributed by atoms with Crippen LogP contribution in [0.25, 0.3) is 0 Å². The van der Waals surface area contributed by atoms with Gasteiger partial charge in [0.05, 0.1) is 11.7 Å². The van der Waals surface area contributed by atoms with Gasteiger partial charge in [-0.2, -0.15) is 0 Å². The van der Waals surface area contributed by atoms with Crippen molar-refractivity contribution in [2.24, 2.45) is 0 Å². The fourth-order valence-electron chi connectivity index (χ4n) is 2.43. The second-order valence-corrected chi connectivity index (χ2v) is 6.03. The van der Waals surface area contributed by atoms with E-state index in [0.29, 0.717) is 35.1 Å². The maximum absolute atomic E-state index is 12.2. The standard InChI is InChI=1S/C17H18N2O4S/c1-24-17-12(3-2-7-19-17)16(21)18-8-6-13(20)11-4-5-14-15(9-11)23-10-22-14/h2-5,7,9,13,20H,6,8,10H2,1H3,(H,18,21)/t13-/m1/s1. The fourth-order valence-corrected chi connectivity index (χ4v) is 2.98. The number of fused-ring (bicyclic) bond motifs is 1. The third kappa shape index (κ3) is 3.63. The molecule has 24 heavy (non-hydrogen) atoms. The van der Waals surface area contributed by atoms with Crippen LogP contribution in [0.15, 0.2) is 41.6 Å². The first-order valence-corrected chi connectivity index (χ1v) is 8.76. The molecule has 2 heterocycles. The topological polar surface area (TPSA) is 80.7 Å². The van der Waals surface area contributed by atoms with Gasteiger partial charge in [0.2, 0.25) is 6.79 Å². The minimum Gasteiger partial charge on any atom is -0.454 e. The van der Waals surface area contributed by atoms with Crippen molar-refractivity contribution < 1.29 is 19.4 Å². The molecule has 0 saturated heterocycles. The lowest BCUT2D eigenvalue weighted by Crippen LogP contribution is -2.26. The van der Waals surface area contributed by atoms with E-state index in [1.54, 1.807) is 36.5 Å². The van der Waals surface area contributed by atoms with Gasteiger partial charge in [0.15, 0.2) is 11.5 Å². The van der Waals surface area contributed by atoms with E-state index in [4.69, 9.17) is 9.47 Å². The van der Waals surface area contributed by atoms with E-state index in [2.05, 4.69) is 10.3 Å². The smallest absolute Gasteiger partial charge is 0.254 e. The number of carbonyl (C=O) groups excluding carboxylic acids is 1. The van der Waals surface area contributed by atoms with Gasteiger partial charge in [-0.1, -0.05) is 6.07 Å². The van der Waals surface area contributed by atoms with E-state index in [1.807, 2.05) is 6.26 Å². The lowest BCUT2D eigenvalue weighted by molar-refractivity contribution is 0.0939. The molecule has 0 radical (unpaired) electrons. The molecule has 1 aliphatic heterocycles. The molecular formula is C17H18N2O4S. The average Bonchev–Trinajstić information content (AvgIpc) is 3.09. The Labute approximate surface area is 144 Å². The summed E-state index contributed by atoms with van der Waals surface area (Å²) in [6.07, 6.45) is 3.25. The third-order valence-corrected chi connectivity index (χ3v) is 4.41. The lowest BCUT2D eigenvalue weighted by atomic mass is 10.1. The van der Waals surface area contributed by atoms with Crippen molar-refractivity contribution in [1.29, 1.82) is 0 Å². The first-order chi connectivity index (χ1) is 11.7. The molecule has 0 saturated carbocycles. The molecule has 0 unspecified atom stereocenters. The van der Waals surface area contributed by atoms with Crippen LogP contribution in [-0.4, -0.2) is 35.6 Å². The SMILES string of the molecule is CSc1ncccc1C(=O)NCC[C@@H](O)c1ccc2c(c1)OCO2. The molecule has 0 bridgehead atoms. The van der Waals surface area contributed by atoms with Gasteiger partial charge in [-0.15, -0.1) is 11.8 Å². The highest BCUT2D eigenvalue weighted by Crippen LogP contribution is 2.34. The van der Waals surface area contributed by atoms with Crippen LogP contribution in [0.4, 0.5) is 0 Å². The zero-order chi connectivity index (χ0) is 16.9. The number of rotatable bonds is 6. The Morgan fingerprint density at radius 1 is 1.38 bits per heavy atom. The van der Waals surface area contributed by atoms with E-state index >= 15 is 0 Å². The molecule has 1 aromatic heterocycles. The quantitative estimate of drug-likeness (QED) is 0.782. The molecule has 3 rings (SSSR count). The Kier molecular flexibility index (Phi) is 5.22. The number of pyridine rings is 1. The lowest BCUT2D eigenvalue weighted by Gasteiger charge is -2.13. The number of ether oxygens (including phenoxy) is 2. The Hall–Kier alpha value is -2.25. The second-order valence-electron chi connectivity index (χ2n) is 5.23. The van der Waals surface area contributed by atoms with Crippen molar-refractivity contribution in [3.05, 3.63) is 47.7 Å². The van der Waals surface area contributed by atoms with Crippen molar-refractivity contribution in [2.75, 3.05) is 19.6 Å². The number of amides is 1. The monoisotopic (exact) mass is 346 g/mol. The van der Waals surface area contributed by atoms with Gasteiger partial charge >= 0.3 is 0 Å². The fraction of sp³-hybridized carbons (Fsp3) is 0.294. The molecule has 126 valence electrons. The molecule has 2 aromatic rings. The van der Waals surface area contributed by atoms with Crippen molar-refractivity contribution >= 4 is 17.7 Å².